The summed E-state index contributed by atoms with van der Waals surface area (Å²) >= 11 is 0. The molecule has 0 fully saturated rings. The van der Waals surface area contributed by atoms with Crippen LogP contribution < -0.4 is 5.43 Å². The second-order valence-corrected chi connectivity index (χ2v) is 4.52. The minimum absolute atomic E-state index is 0.241. The Bertz CT molecular complexity index is 665. The average Bonchev–Trinajstić information content (AvgIpc) is 2.44. The molecule has 2 rings (SSSR count). The summed E-state index contributed by atoms with van der Waals surface area (Å²) in [4.78, 5) is 11.8. The standard InChI is InChI=1S/C16H15FN2O/c1-11-5-3-6-13(9-11)12(2)18-19-16(20)14-7-4-8-15(17)10-14/h3-10H,1-2H3,(H,19,20)/b18-12+. The summed E-state index contributed by atoms with van der Waals surface area (Å²) in [6.07, 6.45) is 0. The quantitative estimate of drug-likeness (QED) is 0.675. The number of halogens is 1. The first-order chi connectivity index (χ1) is 9.56. The fraction of sp³-hybridized carbons (Fsp3) is 0.125. The van der Waals surface area contributed by atoms with Gasteiger partial charge in [-0.05, 0) is 37.6 Å². The van der Waals surface area contributed by atoms with Crippen LogP contribution in [-0.4, -0.2) is 11.6 Å². The lowest BCUT2D eigenvalue weighted by molar-refractivity contribution is 0.0954. The van der Waals surface area contributed by atoms with E-state index in [9.17, 15) is 9.18 Å². The maximum Gasteiger partial charge on any atom is 0.271 e. The Morgan fingerprint density at radius 1 is 1.10 bits per heavy atom. The third kappa shape index (κ3) is 3.51. The van der Waals surface area contributed by atoms with Crippen molar-refractivity contribution >= 4 is 11.6 Å². The van der Waals surface area contributed by atoms with Gasteiger partial charge in [0, 0.05) is 5.56 Å². The maximum absolute atomic E-state index is 13.0. The second-order valence-electron chi connectivity index (χ2n) is 4.52. The van der Waals surface area contributed by atoms with Gasteiger partial charge < -0.3 is 0 Å². The summed E-state index contributed by atoms with van der Waals surface area (Å²) in [6.45, 7) is 3.79. The Labute approximate surface area is 117 Å². The monoisotopic (exact) mass is 270 g/mol. The van der Waals surface area contributed by atoms with Crippen molar-refractivity contribution in [2.24, 2.45) is 5.10 Å². The number of aryl methyl sites for hydroxylation is 1. The van der Waals surface area contributed by atoms with E-state index in [1.54, 1.807) is 6.92 Å². The third-order valence-electron chi connectivity index (χ3n) is 2.85. The van der Waals surface area contributed by atoms with E-state index in [1.807, 2.05) is 31.2 Å². The number of rotatable bonds is 3. The number of hydrogen-bond acceptors (Lipinski definition) is 2. The number of amides is 1. The van der Waals surface area contributed by atoms with Crippen molar-refractivity contribution < 1.29 is 9.18 Å². The van der Waals surface area contributed by atoms with Crippen molar-refractivity contribution in [1.29, 1.82) is 0 Å². The molecule has 3 nitrogen and oxygen atoms in total. The van der Waals surface area contributed by atoms with E-state index >= 15 is 0 Å². The molecule has 0 saturated carbocycles. The molecule has 0 atom stereocenters. The number of benzene rings is 2. The summed E-state index contributed by atoms with van der Waals surface area (Å²) in [6, 6.07) is 13.3. The molecule has 0 bridgehead atoms. The second kappa shape index (κ2) is 6.10. The summed E-state index contributed by atoms with van der Waals surface area (Å²) in [7, 11) is 0. The van der Waals surface area contributed by atoms with Crippen molar-refractivity contribution in [2.45, 2.75) is 13.8 Å². The van der Waals surface area contributed by atoms with Gasteiger partial charge in [-0.25, -0.2) is 9.82 Å². The first-order valence-electron chi connectivity index (χ1n) is 6.23. The smallest absolute Gasteiger partial charge is 0.267 e. The van der Waals surface area contributed by atoms with Gasteiger partial charge in [0.1, 0.15) is 5.82 Å². The molecule has 0 aromatic heterocycles. The molecule has 0 aliphatic carbocycles. The zero-order valence-corrected chi connectivity index (χ0v) is 11.4. The predicted octanol–water partition coefficient (Wildman–Crippen LogP) is 3.29. The van der Waals surface area contributed by atoms with Crippen molar-refractivity contribution in [3.8, 4) is 0 Å². The minimum Gasteiger partial charge on any atom is -0.267 e. The normalized spacial score (nSPS) is 11.2. The predicted molar refractivity (Wildman–Crippen MR) is 77.3 cm³/mol. The van der Waals surface area contributed by atoms with Crippen molar-refractivity contribution in [2.75, 3.05) is 0 Å². The fourth-order valence-electron chi connectivity index (χ4n) is 1.76. The van der Waals surface area contributed by atoms with Gasteiger partial charge in [0.25, 0.3) is 5.91 Å². The van der Waals surface area contributed by atoms with Crippen molar-refractivity contribution in [3.05, 3.63) is 71.0 Å². The molecule has 2 aromatic rings. The average molecular weight is 270 g/mol. The van der Waals surface area contributed by atoms with E-state index in [-0.39, 0.29) is 5.56 Å². The van der Waals surface area contributed by atoms with Crippen LogP contribution in [0.4, 0.5) is 4.39 Å². The third-order valence-corrected chi connectivity index (χ3v) is 2.85. The van der Waals surface area contributed by atoms with Crippen LogP contribution in [-0.2, 0) is 0 Å². The van der Waals surface area contributed by atoms with E-state index in [0.717, 1.165) is 11.1 Å². The molecule has 2 aromatic carbocycles. The number of nitrogens with one attached hydrogen (secondary N) is 1. The molecule has 4 heteroatoms. The number of hydrogen-bond donors (Lipinski definition) is 1. The maximum atomic E-state index is 13.0. The zero-order chi connectivity index (χ0) is 14.5. The molecule has 1 amide bonds. The van der Waals surface area contributed by atoms with E-state index in [0.29, 0.717) is 5.71 Å². The highest BCUT2D eigenvalue weighted by molar-refractivity contribution is 6.00. The largest absolute Gasteiger partial charge is 0.271 e. The summed E-state index contributed by atoms with van der Waals surface area (Å²) in [5, 5.41) is 4.04. The minimum atomic E-state index is -0.447. The Hall–Kier alpha value is -2.49. The van der Waals surface area contributed by atoms with Crippen LogP contribution >= 0.6 is 0 Å². The lowest BCUT2D eigenvalue weighted by Crippen LogP contribution is -2.19. The Morgan fingerprint density at radius 3 is 2.50 bits per heavy atom. The summed E-state index contributed by atoms with van der Waals surface area (Å²) in [5.41, 5.74) is 5.41. The molecule has 0 spiro atoms. The molecular formula is C16H15FN2O. The van der Waals surface area contributed by atoms with Crippen LogP contribution in [0.3, 0.4) is 0 Å². The van der Waals surface area contributed by atoms with Crippen LogP contribution in [0.2, 0.25) is 0 Å². The van der Waals surface area contributed by atoms with E-state index < -0.39 is 11.7 Å². The molecule has 0 aliphatic rings. The fourth-order valence-corrected chi connectivity index (χ4v) is 1.76. The van der Waals surface area contributed by atoms with E-state index in [1.165, 1.54) is 24.3 Å². The summed E-state index contributed by atoms with van der Waals surface area (Å²) < 4.78 is 13.0. The first kappa shape index (κ1) is 13.9. The van der Waals surface area contributed by atoms with Gasteiger partial charge in [0.05, 0.1) is 5.71 Å². The number of nitrogens with zero attached hydrogens (tertiary/aromatic N) is 1. The number of carbonyl (C=O) groups excluding carboxylic acids is 1. The molecule has 0 aliphatic heterocycles. The van der Waals surface area contributed by atoms with Gasteiger partial charge in [-0.2, -0.15) is 5.10 Å². The van der Waals surface area contributed by atoms with Crippen LogP contribution in [0.25, 0.3) is 0 Å². The van der Waals surface area contributed by atoms with Crippen LogP contribution in [0, 0.1) is 12.7 Å². The molecule has 0 heterocycles. The molecular weight excluding hydrogens is 255 g/mol. The van der Waals surface area contributed by atoms with Crippen LogP contribution in [0.5, 0.6) is 0 Å². The topological polar surface area (TPSA) is 41.5 Å². The van der Waals surface area contributed by atoms with Crippen molar-refractivity contribution in [3.63, 3.8) is 0 Å². The van der Waals surface area contributed by atoms with Crippen LogP contribution in [0.15, 0.2) is 53.6 Å². The highest BCUT2D eigenvalue weighted by Gasteiger charge is 2.05. The Morgan fingerprint density at radius 2 is 1.80 bits per heavy atom. The van der Waals surface area contributed by atoms with Crippen molar-refractivity contribution in [1.82, 2.24) is 5.43 Å². The molecule has 20 heavy (non-hydrogen) atoms. The number of carbonyl (C=O) groups is 1. The van der Waals surface area contributed by atoms with Gasteiger partial charge in [0.2, 0.25) is 0 Å². The zero-order valence-electron chi connectivity index (χ0n) is 11.4. The summed E-state index contributed by atoms with van der Waals surface area (Å²) in [5.74, 6) is -0.881. The lowest BCUT2D eigenvalue weighted by Gasteiger charge is -2.04. The van der Waals surface area contributed by atoms with E-state index in [2.05, 4.69) is 10.5 Å². The van der Waals surface area contributed by atoms with Gasteiger partial charge in [-0.1, -0.05) is 35.9 Å². The van der Waals surface area contributed by atoms with Gasteiger partial charge >= 0.3 is 0 Å². The van der Waals surface area contributed by atoms with Gasteiger partial charge in [-0.15, -0.1) is 0 Å². The number of hydrazone groups is 1. The van der Waals surface area contributed by atoms with Gasteiger partial charge in [-0.3, -0.25) is 4.79 Å². The molecule has 0 saturated heterocycles. The Balaban J connectivity index is 2.11. The molecule has 0 radical (unpaired) electrons. The Kier molecular flexibility index (Phi) is 4.25. The first-order valence-corrected chi connectivity index (χ1v) is 6.23. The highest BCUT2D eigenvalue weighted by atomic mass is 19.1. The molecule has 1 N–H and O–H groups in total. The van der Waals surface area contributed by atoms with Crippen LogP contribution in [0.1, 0.15) is 28.4 Å². The molecule has 0 unspecified atom stereocenters. The van der Waals surface area contributed by atoms with Gasteiger partial charge in [0.15, 0.2) is 0 Å². The highest BCUT2D eigenvalue weighted by Crippen LogP contribution is 2.06. The molecule has 102 valence electrons. The van der Waals surface area contributed by atoms with E-state index in [4.69, 9.17) is 0 Å². The lowest BCUT2D eigenvalue weighted by atomic mass is 10.1. The SMILES string of the molecule is C/C(=N\NC(=O)c1cccc(F)c1)c1cccc(C)c1.